The summed E-state index contributed by atoms with van der Waals surface area (Å²) in [6, 6.07) is 0.676. The van der Waals surface area contributed by atoms with Crippen LogP contribution in [-0.4, -0.2) is 30.1 Å². The van der Waals surface area contributed by atoms with Gasteiger partial charge in [-0.15, -0.1) is 0 Å². The van der Waals surface area contributed by atoms with Crippen molar-refractivity contribution in [1.82, 2.24) is 14.5 Å². The lowest BCUT2D eigenvalue weighted by Crippen LogP contribution is -2.47. The molecule has 0 aliphatic heterocycles. The second-order valence-corrected chi connectivity index (χ2v) is 5.75. The SMILES string of the molecule is CC(C)C(NS(=O)(=O)c1ccnn1C)C(=N)N. The minimum atomic E-state index is -3.71. The zero-order chi connectivity index (χ0) is 13.2. The zero-order valence-electron chi connectivity index (χ0n) is 10.0. The highest BCUT2D eigenvalue weighted by Gasteiger charge is 2.26. The standard InChI is InChI=1S/C9H17N5O2S/c1-6(2)8(9(10)11)13-17(15,16)7-4-5-12-14(7)3/h4-6,8,13H,1-3H3,(H3,10,11). The van der Waals surface area contributed by atoms with Crippen molar-refractivity contribution in [3.63, 3.8) is 0 Å². The van der Waals surface area contributed by atoms with Crippen LogP contribution in [0.5, 0.6) is 0 Å². The normalized spacial score (nSPS) is 13.9. The first-order valence-corrected chi connectivity index (χ1v) is 6.58. The molecule has 1 aromatic rings. The Bertz CT molecular complexity index is 505. The van der Waals surface area contributed by atoms with Crippen LogP contribution in [0.2, 0.25) is 0 Å². The average Bonchev–Trinajstić information content (AvgIpc) is 2.60. The third kappa shape index (κ3) is 3.04. The van der Waals surface area contributed by atoms with E-state index < -0.39 is 16.1 Å². The van der Waals surface area contributed by atoms with E-state index in [4.69, 9.17) is 11.1 Å². The van der Waals surface area contributed by atoms with Crippen LogP contribution in [0.15, 0.2) is 17.3 Å². The topological polar surface area (TPSA) is 114 Å². The Kier molecular flexibility index (Phi) is 3.89. The van der Waals surface area contributed by atoms with Crippen LogP contribution in [0.3, 0.4) is 0 Å². The Morgan fingerprint density at radius 2 is 2.18 bits per heavy atom. The summed E-state index contributed by atoms with van der Waals surface area (Å²) in [6.07, 6.45) is 1.40. The minimum absolute atomic E-state index is 0.0457. The smallest absolute Gasteiger partial charge is 0.258 e. The zero-order valence-corrected chi connectivity index (χ0v) is 10.8. The monoisotopic (exact) mass is 259 g/mol. The summed E-state index contributed by atoms with van der Waals surface area (Å²) in [5.41, 5.74) is 5.37. The quantitative estimate of drug-likeness (QED) is 0.495. The van der Waals surface area contributed by atoms with Gasteiger partial charge in [-0.05, 0) is 12.0 Å². The molecule has 1 atom stereocenters. The van der Waals surface area contributed by atoms with E-state index in [0.29, 0.717) is 0 Å². The first-order chi connectivity index (χ1) is 7.75. The molecule has 0 spiro atoms. The van der Waals surface area contributed by atoms with Crippen LogP contribution in [0, 0.1) is 11.3 Å². The molecule has 0 aromatic carbocycles. The fourth-order valence-corrected chi connectivity index (χ4v) is 2.90. The maximum Gasteiger partial charge on any atom is 0.258 e. The number of rotatable bonds is 5. The van der Waals surface area contributed by atoms with Crippen LogP contribution in [-0.2, 0) is 17.1 Å². The molecule has 0 bridgehead atoms. The molecular formula is C9H17N5O2S. The molecule has 17 heavy (non-hydrogen) atoms. The summed E-state index contributed by atoms with van der Waals surface area (Å²) < 4.78 is 27.7. The van der Waals surface area contributed by atoms with E-state index in [0.717, 1.165) is 0 Å². The summed E-state index contributed by atoms with van der Waals surface area (Å²) >= 11 is 0. The Morgan fingerprint density at radius 3 is 2.53 bits per heavy atom. The van der Waals surface area contributed by atoms with Gasteiger partial charge in [0.1, 0.15) is 5.84 Å². The molecular weight excluding hydrogens is 242 g/mol. The lowest BCUT2D eigenvalue weighted by molar-refractivity contribution is 0.514. The number of hydrogen-bond acceptors (Lipinski definition) is 4. The minimum Gasteiger partial charge on any atom is -0.386 e. The molecule has 0 aliphatic carbocycles. The predicted octanol–water partition coefficient (Wildman–Crippen LogP) is -0.341. The fraction of sp³-hybridized carbons (Fsp3) is 0.556. The van der Waals surface area contributed by atoms with E-state index in [9.17, 15) is 8.42 Å². The van der Waals surface area contributed by atoms with Gasteiger partial charge in [0.2, 0.25) is 0 Å². The lowest BCUT2D eigenvalue weighted by atomic mass is 10.1. The molecule has 1 heterocycles. The second-order valence-electron chi connectivity index (χ2n) is 4.09. The molecule has 0 saturated heterocycles. The number of sulfonamides is 1. The molecule has 0 radical (unpaired) electrons. The molecule has 96 valence electrons. The fourth-order valence-electron chi connectivity index (χ4n) is 1.41. The van der Waals surface area contributed by atoms with Crippen LogP contribution < -0.4 is 10.5 Å². The van der Waals surface area contributed by atoms with Crippen LogP contribution >= 0.6 is 0 Å². The van der Waals surface area contributed by atoms with Crippen molar-refractivity contribution in [1.29, 1.82) is 5.41 Å². The van der Waals surface area contributed by atoms with E-state index >= 15 is 0 Å². The molecule has 1 unspecified atom stereocenters. The van der Waals surface area contributed by atoms with Crippen molar-refractivity contribution in [2.24, 2.45) is 18.7 Å². The number of hydrogen-bond donors (Lipinski definition) is 3. The molecule has 0 amide bonds. The molecule has 0 saturated carbocycles. The summed E-state index contributed by atoms with van der Waals surface area (Å²) in [5, 5.41) is 11.2. The van der Waals surface area contributed by atoms with Crippen molar-refractivity contribution >= 4 is 15.9 Å². The largest absolute Gasteiger partial charge is 0.386 e. The van der Waals surface area contributed by atoms with Crippen molar-refractivity contribution < 1.29 is 8.42 Å². The summed E-state index contributed by atoms with van der Waals surface area (Å²) in [7, 11) is -2.17. The number of aromatic nitrogens is 2. The van der Waals surface area contributed by atoms with Crippen molar-refractivity contribution in [2.75, 3.05) is 0 Å². The highest BCUT2D eigenvalue weighted by atomic mass is 32.2. The lowest BCUT2D eigenvalue weighted by Gasteiger charge is -2.20. The maximum absolute atomic E-state index is 12.0. The van der Waals surface area contributed by atoms with E-state index in [-0.39, 0.29) is 16.8 Å². The van der Waals surface area contributed by atoms with E-state index in [1.807, 2.05) is 0 Å². The molecule has 1 aromatic heterocycles. The van der Waals surface area contributed by atoms with Crippen LogP contribution in [0.4, 0.5) is 0 Å². The molecule has 0 aliphatic rings. The van der Waals surface area contributed by atoms with E-state index in [1.54, 1.807) is 13.8 Å². The second kappa shape index (κ2) is 4.84. The predicted molar refractivity (Wildman–Crippen MR) is 64.1 cm³/mol. The molecule has 8 heteroatoms. The van der Waals surface area contributed by atoms with Crippen molar-refractivity contribution in [3.05, 3.63) is 12.3 Å². The van der Waals surface area contributed by atoms with Gasteiger partial charge in [0, 0.05) is 7.05 Å². The number of nitrogens with two attached hydrogens (primary N) is 1. The first-order valence-electron chi connectivity index (χ1n) is 5.10. The molecule has 0 fully saturated rings. The number of nitrogens with zero attached hydrogens (tertiary/aromatic N) is 2. The third-order valence-electron chi connectivity index (χ3n) is 2.34. The number of amidine groups is 1. The first kappa shape index (κ1) is 13.7. The van der Waals surface area contributed by atoms with Gasteiger partial charge in [0.15, 0.2) is 5.03 Å². The molecule has 4 N–H and O–H groups in total. The van der Waals surface area contributed by atoms with Gasteiger partial charge in [0.25, 0.3) is 10.0 Å². The Labute approximate surface area is 101 Å². The Morgan fingerprint density at radius 1 is 1.59 bits per heavy atom. The van der Waals surface area contributed by atoms with Gasteiger partial charge < -0.3 is 5.73 Å². The summed E-state index contributed by atoms with van der Waals surface area (Å²) in [4.78, 5) is 0. The maximum atomic E-state index is 12.0. The van der Waals surface area contributed by atoms with Gasteiger partial charge in [-0.1, -0.05) is 13.8 Å². The van der Waals surface area contributed by atoms with Gasteiger partial charge in [-0.3, -0.25) is 10.1 Å². The summed E-state index contributed by atoms with van der Waals surface area (Å²) in [6.45, 7) is 3.58. The van der Waals surface area contributed by atoms with Crippen molar-refractivity contribution in [3.8, 4) is 0 Å². The third-order valence-corrected chi connectivity index (χ3v) is 3.85. The molecule has 7 nitrogen and oxygen atoms in total. The average molecular weight is 259 g/mol. The van der Waals surface area contributed by atoms with E-state index in [2.05, 4.69) is 9.82 Å². The van der Waals surface area contributed by atoms with Gasteiger partial charge in [-0.25, -0.2) is 8.42 Å². The van der Waals surface area contributed by atoms with Crippen LogP contribution in [0.25, 0.3) is 0 Å². The van der Waals surface area contributed by atoms with Crippen molar-refractivity contribution in [2.45, 2.75) is 24.9 Å². The van der Waals surface area contributed by atoms with Crippen LogP contribution in [0.1, 0.15) is 13.8 Å². The highest BCUT2D eigenvalue weighted by molar-refractivity contribution is 7.89. The summed E-state index contributed by atoms with van der Waals surface area (Å²) in [5.74, 6) is -0.304. The Balaban J connectivity index is 3.01. The number of aryl methyl sites for hydroxylation is 1. The van der Waals surface area contributed by atoms with Gasteiger partial charge in [-0.2, -0.15) is 9.82 Å². The highest BCUT2D eigenvalue weighted by Crippen LogP contribution is 2.10. The van der Waals surface area contributed by atoms with Gasteiger partial charge >= 0.3 is 0 Å². The van der Waals surface area contributed by atoms with Gasteiger partial charge in [0.05, 0.1) is 12.2 Å². The Hall–Kier alpha value is -1.41. The number of nitrogens with one attached hydrogen (secondary N) is 2. The van der Waals surface area contributed by atoms with E-state index in [1.165, 1.54) is 24.0 Å². The molecule has 1 rings (SSSR count).